The van der Waals surface area contributed by atoms with Gasteiger partial charge in [0.15, 0.2) is 5.13 Å². The summed E-state index contributed by atoms with van der Waals surface area (Å²) in [5.41, 5.74) is 4.14. The van der Waals surface area contributed by atoms with Gasteiger partial charge in [-0.05, 0) is 37.6 Å². The number of aromatic nitrogens is 1. The summed E-state index contributed by atoms with van der Waals surface area (Å²) in [6.07, 6.45) is 1.59. The van der Waals surface area contributed by atoms with Gasteiger partial charge in [0, 0.05) is 11.3 Å². The van der Waals surface area contributed by atoms with E-state index in [1.54, 1.807) is 24.4 Å². The van der Waals surface area contributed by atoms with Gasteiger partial charge in [-0.25, -0.2) is 4.98 Å². The fraction of sp³-hybridized carbons (Fsp3) is 0.105. The SMILES string of the molecule is Cc1ccc(C(=O)c2cnc(Nc3cccc(C#N)c3)s2)c(C)c1. The Morgan fingerprint density at radius 1 is 1.21 bits per heavy atom. The lowest BCUT2D eigenvalue weighted by Gasteiger charge is -2.04. The maximum Gasteiger partial charge on any atom is 0.204 e. The molecule has 0 amide bonds. The van der Waals surface area contributed by atoms with Crippen LogP contribution in [0.1, 0.15) is 31.9 Å². The second kappa shape index (κ2) is 6.65. The molecule has 3 rings (SSSR count). The number of rotatable bonds is 4. The minimum absolute atomic E-state index is 0.0242. The standard InChI is InChI=1S/C19H15N3OS/c1-12-6-7-16(13(2)8-12)18(23)17-11-21-19(24-17)22-15-5-3-4-14(9-15)10-20/h3-9,11H,1-2H3,(H,21,22). The average molecular weight is 333 g/mol. The predicted octanol–water partition coefficient (Wildman–Crippen LogP) is 4.61. The van der Waals surface area contributed by atoms with Crippen molar-refractivity contribution >= 4 is 27.9 Å². The molecule has 0 atom stereocenters. The molecule has 0 bridgehead atoms. The van der Waals surface area contributed by atoms with E-state index in [9.17, 15) is 4.79 Å². The van der Waals surface area contributed by atoms with Crippen LogP contribution in [0.15, 0.2) is 48.7 Å². The van der Waals surface area contributed by atoms with Gasteiger partial charge in [0.1, 0.15) is 0 Å². The van der Waals surface area contributed by atoms with Crippen molar-refractivity contribution in [3.63, 3.8) is 0 Å². The number of benzene rings is 2. The monoisotopic (exact) mass is 333 g/mol. The third kappa shape index (κ3) is 3.34. The highest BCUT2D eigenvalue weighted by Gasteiger charge is 2.15. The van der Waals surface area contributed by atoms with Gasteiger partial charge >= 0.3 is 0 Å². The van der Waals surface area contributed by atoms with Crippen molar-refractivity contribution in [3.8, 4) is 6.07 Å². The Hall–Kier alpha value is -2.97. The molecule has 0 saturated heterocycles. The summed E-state index contributed by atoms with van der Waals surface area (Å²) in [5.74, 6) is -0.0242. The fourth-order valence-electron chi connectivity index (χ4n) is 2.43. The first-order chi connectivity index (χ1) is 11.6. The molecule has 0 fully saturated rings. The Labute approximate surface area is 144 Å². The molecule has 1 aromatic heterocycles. The van der Waals surface area contributed by atoms with Gasteiger partial charge in [0.25, 0.3) is 0 Å². The summed E-state index contributed by atoms with van der Waals surface area (Å²) in [5, 5.41) is 12.7. The van der Waals surface area contributed by atoms with Crippen molar-refractivity contribution in [2.75, 3.05) is 5.32 Å². The molecule has 0 saturated carbocycles. The Bertz CT molecular complexity index is 953. The van der Waals surface area contributed by atoms with E-state index in [1.165, 1.54) is 11.3 Å². The number of nitriles is 1. The molecule has 24 heavy (non-hydrogen) atoms. The van der Waals surface area contributed by atoms with E-state index >= 15 is 0 Å². The molecule has 118 valence electrons. The summed E-state index contributed by atoms with van der Waals surface area (Å²) in [7, 11) is 0. The molecule has 1 heterocycles. The maximum atomic E-state index is 12.6. The molecular formula is C19H15N3OS. The number of thiazole rings is 1. The van der Waals surface area contributed by atoms with Crippen LogP contribution in [0.4, 0.5) is 10.8 Å². The minimum atomic E-state index is -0.0242. The molecule has 2 aromatic carbocycles. The highest BCUT2D eigenvalue weighted by molar-refractivity contribution is 7.17. The molecule has 0 spiro atoms. The van der Waals surface area contributed by atoms with E-state index in [0.29, 0.717) is 21.1 Å². The Kier molecular flexibility index (Phi) is 4.41. The molecule has 0 aliphatic rings. The number of nitrogens with zero attached hydrogens (tertiary/aromatic N) is 2. The van der Waals surface area contributed by atoms with Crippen molar-refractivity contribution in [3.05, 3.63) is 75.8 Å². The summed E-state index contributed by atoms with van der Waals surface area (Å²) in [6.45, 7) is 3.94. The summed E-state index contributed by atoms with van der Waals surface area (Å²) in [4.78, 5) is 17.5. The molecule has 3 aromatic rings. The Morgan fingerprint density at radius 3 is 2.79 bits per heavy atom. The van der Waals surface area contributed by atoms with Crippen LogP contribution in [0, 0.1) is 25.2 Å². The van der Waals surface area contributed by atoms with Gasteiger partial charge < -0.3 is 5.32 Å². The molecule has 0 aliphatic heterocycles. The average Bonchev–Trinajstić information content (AvgIpc) is 3.03. The van der Waals surface area contributed by atoms with Crippen molar-refractivity contribution in [2.45, 2.75) is 13.8 Å². The lowest BCUT2D eigenvalue weighted by Crippen LogP contribution is -2.01. The lowest BCUT2D eigenvalue weighted by atomic mass is 10.0. The van der Waals surface area contributed by atoms with Gasteiger partial charge in [-0.1, -0.05) is 41.2 Å². The first-order valence-electron chi connectivity index (χ1n) is 7.42. The minimum Gasteiger partial charge on any atom is -0.331 e. The zero-order valence-corrected chi connectivity index (χ0v) is 14.1. The van der Waals surface area contributed by atoms with Crippen LogP contribution in [-0.2, 0) is 0 Å². The fourth-order valence-corrected chi connectivity index (χ4v) is 3.22. The number of hydrogen-bond donors (Lipinski definition) is 1. The van der Waals surface area contributed by atoms with E-state index in [2.05, 4.69) is 16.4 Å². The van der Waals surface area contributed by atoms with Gasteiger partial charge in [-0.15, -0.1) is 0 Å². The molecule has 0 aliphatic carbocycles. The van der Waals surface area contributed by atoms with Crippen LogP contribution in [0.3, 0.4) is 0 Å². The number of anilines is 2. The third-order valence-electron chi connectivity index (χ3n) is 3.60. The molecular weight excluding hydrogens is 318 g/mol. The van der Waals surface area contributed by atoms with Crippen LogP contribution in [-0.4, -0.2) is 10.8 Å². The van der Waals surface area contributed by atoms with Gasteiger partial charge in [-0.3, -0.25) is 4.79 Å². The first-order valence-corrected chi connectivity index (χ1v) is 8.23. The number of carbonyl (C=O) groups excluding carboxylic acids is 1. The van der Waals surface area contributed by atoms with Crippen molar-refractivity contribution < 1.29 is 4.79 Å². The number of hydrogen-bond acceptors (Lipinski definition) is 5. The first kappa shape index (κ1) is 15.9. The molecule has 0 unspecified atom stereocenters. The molecule has 5 heteroatoms. The quantitative estimate of drug-likeness (QED) is 0.708. The van der Waals surface area contributed by atoms with E-state index in [4.69, 9.17) is 5.26 Å². The van der Waals surface area contributed by atoms with Crippen molar-refractivity contribution in [1.82, 2.24) is 4.98 Å². The van der Waals surface area contributed by atoms with Gasteiger partial charge in [0.05, 0.1) is 22.7 Å². The van der Waals surface area contributed by atoms with Crippen LogP contribution in [0.5, 0.6) is 0 Å². The molecule has 4 nitrogen and oxygen atoms in total. The van der Waals surface area contributed by atoms with E-state index in [1.807, 2.05) is 38.1 Å². The predicted molar refractivity (Wildman–Crippen MR) is 95.9 cm³/mol. The molecule has 0 radical (unpaired) electrons. The highest BCUT2D eigenvalue weighted by Crippen LogP contribution is 2.26. The molecule has 1 N–H and O–H groups in total. The van der Waals surface area contributed by atoms with E-state index < -0.39 is 0 Å². The van der Waals surface area contributed by atoms with Gasteiger partial charge in [0.2, 0.25) is 5.78 Å². The van der Waals surface area contributed by atoms with Crippen LogP contribution in [0.2, 0.25) is 0 Å². The summed E-state index contributed by atoms with van der Waals surface area (Å²) in [6, 6.07) is 15.0. The Morgan fingerprint density at radius 2 is 2.04 bits per heavy atom. The van der Waals surface area contributed by atoms with Crippen LogP contribution in [0.25, 0.3) is 0 Å². The van der Waals surface area contributed by atoms with E-state index in [-0.39, 0.29) is 5.78 Å². The number of ketones is 1. The number of aryl methyl sites for hydroxylation is 2. The van der Waals surface area contributed by atoms with Crippen molar-refractivity contribution in [2.24, 2.45) is 0 Å². The maximum absolute atomic E-state index is 12.6. The number of carbonyl (C=O) groups is 1. The van der Waals surface area contributed by atoms with Crippen LogP contribution >= 0.6 is 11.3 Å². The normalized spacial score (nSPS) is 10.2. The second-order valence-electron chi connectivity index (χ2n) is 5.49. The lowest BCUT2D eigenvalue weighted by molar-refractivity contribution is 0.104. The van der Waals surface area contributed by atoms with Gasteiger partial charge in [-0.2, -0.15) is 5.26 Å². The zero-order valence-electron chi connectivity index (χ0n) is 13.3. The zero-order chi connectivity index (χ0) is 17.1. The second-order valence-corrected chi connectivity index (χ2v) is 6.53. The smallest absolute Gasteiger partial charge is 0.204 e. The van der Waals surface area contributed by atoms with Crippen LogP contribution < -0.4 is 5.32 Å². The largest absolute Gasteiger partial charge is 0.331 e. The summed E-state index contributed by atoms with van der Waals surface area (Å²) >= 11 is 1.30. The van der Waals surface area contributed by atoms with E-state index in [0.717, 1.165) is 16.8 Å². The highest BCUT2D eigenvalue weighted by atomic mass is 32.1. The van der Waals surface area contributed by atoms with Crippen molar-refractivity contribution in [1.29, 1.82) is 5.26 Å². The Balaban J connectivity index is 1.82. The third-order valence-corrected chi connectivity index (χ3v) is 4.51. The topological polar surface area (TPSA) is 65.8 Å². The number of nitrogens with one attached hydrogen (secondary N) is 1. The summed E-state index contributed by atoms with van der Waals surface area (Å²) < 4.78 is 0.